The molecule has 0 bridgehead atoms. The summed E-state index contributed by atoms with van der Waals surface area (Å²) in [6.07, 6.45) is 9.29. The van der Waals surface area contributed by atoms with E-state index in [0.717, 1.165) is 55.6 Å². The second-order valence-corrected chi connectivity index (χ2v) is 12.3. The Morgan fingerprint density at radius 1 is 1.03 bits per heavy atom. The van der Waals surface area contributed by atoms with Gasteiger partial charge in [-0.25, -0.2) is 0 Å². The molecular formula is C27H44O3. The van der Waals surface area contributed by atoms with Crippen LogP contribution >= 0.6 is 0 Å². The fourth-order valence-electron chi connectivity index (χ4n) is 8.20. The van der Waals surface area contributed by atoms with E-state index in [1.807, 2.05) is 0 Å². The molecule has 170 valence electrons. The maximum absolute atomic E-state index is 13.4. The minimum Gasteiger partial charge on any atom is -0.393 e. The summed E-state index contributed by atoms with van der Waals surface area (Å²) < 4.78 is 0. The first-order chi connectivity index (χ1) is 14.1. The Labute approximate surface area is 183 Å². The summed E-state index contributed by atoms with van der Waals surface area (Å²) in [5.74, 6) is 2.68. The van der Waals surface area contributed by atoms with Gasteiger partial charge in [0, 0.05) is 12.0 Å². The van der Waals surface area contributed by atoms with Crippen molar-refractivity contribution in [1.82, 2.24) is 0 Å². The average molecular weight is 417 g/mol. The lowest BCUT2D eigenvalue weighted by Crippen LogP contribution is -2.51. The highest BCUT2D eigenvalue weighted by Crippen LogP contribution is 2.65. The van der Waals surface area contributed by atoms with E-state index >= 15 is 0 Å². The molecule has 4 aliphatic rings. The molecule has 0 aromatic carbocycles. The molecule has 5 unspecified atom stereocenters. The minimum absolute atomic E-state index is 0.0183. The molecule has 30 heavy (non-hydrogen) atoms. The zero-order valence-corrected chi connectivity index (χ0v) is 19.9. The van der Waals surface area contributed by atoms with Gasteiger partial charge in [0.15, 0.2) is 5.78 Å². The first kappa shape index (κ1) is 22.5. The van der Waals surface area contributed by atoms with Gasteiger partial charge >= 0.3 is 0 Å². The van der Waals surface area contributed by atoms with Gasteiger partial charge in [0.25, 0.3) is 0 Å². The van der Waals surface area contributed by atoms with E-state index in [-0.39, 0.29) is 28.6 Å². The van der Waals surface area contributed by atoms with Crippen LogP contribution in [0.15, 0.2) is 11.1 Å². The van der Waals surface area contributed by atoms with Crippen molar-refractivity contribution in [2.75, 3.05) is 0 Å². The summed E-state index contributed by atoms with van der Waals surface area (Å²) in [5.41, 5.74) is 2.26. The Morgan fingerprint density at radius 2 is 1.77 bits per heavy atom. The molecule has 4 rings (SSSR count). The number of Topliss-reactive ketones (excluding diaryl/α,β-unsaturated/α-hetero) is 1. The van der Waals surface area contributed by atoms with E-state index in [9.17, 15) is 15.0 Å². The van der Waals surface area contributed by atoms with Crippen molar-refractivity contribution in [3.05, 3.63) is 11.1 Å². The molecule has 0 saturated heterocycles. The van der Waals surface area contributed by atoms with Gasteiger partial charge in [0.2, 0.25) is 0 Å². The molecule has 3 heteroatoms. The Hall–Kier alpha value is -0.670. The summed E-state index contributed by atoms with van der Waals surface area (Å²) >= 11 is 0. The number of ketones is 1. The molecule has 0 spiro atoms. The predicted octanol–water partition coefficient (Wildman–Crippen LogP) is 5.68. The van der Waals surface area contributed by atoms with Gasteiger partial charge < -0.3 is 10.2 Å². The average Bonchev–Trinajstić information content (AvgIpc) is 2.94. The third-order valence-electron chi connectivity index (χ3n) is 10.00. The number of carbonyl (C=O) groups excluding carboxylic acids is 1. The quantitative estimate of drug-likeness (QED) is 0.606. The monoisotopic (exact) mass is 416 g/mol. The van der Waals surface area contributed by atoms with Gasteiger partial charge in [0.1, 0.15) is 0 Å². The second kappa shape index (κ2) is 8.03. The lowest BCUT2D eigenvalue weighted by atomic mass is 9.48. The van der Waals surface area contributed by atoms with Crippen LogP contribution in [0.4, 0.5) is 0 Å². The Balaban J connectivity index is 1.64. The fraction of sp³-hybridized carbons (Fsp3) is 0.889. The number of fused-ring (bicyclic) bond motifs is 4. The number of hydrogen-bond acceptors (Lipinski definition) is 3. The molecule has 2 N–H and O–H groups in total. The zero-order chi connectivity index (χ0) is 21.8. The summed E-state index contributed by atoms with van der Waals surface area (Å²) in [7, 11) is 0. The second-order valence-electron chi connectivity index (χ2n) is 12.3. The van der Waals surface area contributed by atoms with Crippen LogP contribution in [0, 0.1) is 40.4 Å². The normalized spacial score (nSPS) is 44.7. The van der Waals surface area contributed by atoms with Crippen LogP contribution in [0.25, 0.3) is 0 Å². The highest BCUT2D eigenvalue weighted by molar-refractivity contribution is 5.98. The molecule has 4 aliphatic carbocycles. The van der Waals surface area contributed by atoms with Gasteiger partial charge in [-0.1, -0.05) is 53.9 Å². The predicted molar refractivity (Wildman–Crippen MR) is 121 cm³/mol. The van der Waals surface area contributed by atoms with Crippen LogP contribution in [0.1, 0.15) is 98.8 Å². The Bertz CT molecular complexity index is 709. The van der Waals surface area contributed by atoms with Gasteiger partial charge in [-0.3, -0.25) is 4.79 Å². The van der Waals surface area contributed by atoms with Gasteiger partial charge in [0.05, 0.1) is 12.2 Å². The van der Waals surface area contributed by atoms with Gasteiger partial charge in [-0.15, -0.1) is 0 Å². The number of aliphatic hydroxyl groups excluding tert-OH is 2. The van der Waals surface area contributed by atoms with Crippen molar-refractivity contribution >= 4 is 5.78 Å². The van der Waals surface area contributed by atoms with Gasteiger partial charge in [-0.2, -0.15) is 0 Å². The lowest BCUT2D eigenvalue weighted by Gasteiger charge is -2.56. The van der Waals surface area contributed by atoms with E-state index in [0.29, 0.717) is 24.2 Å². The molecule has 8 atom stereocenters. The van der Waals surface area contributed by atoms with Crippen LogP contribution in [-0.2, 0) is 4.79 Å². The summed E-state index contributed by atoms with van der Waals surface area (Å²) in [6.45, 7) is 11.7. The maximum atomic E-state index is 13.4. The Kier molecular flexibility index (Phi) is 6.03. The lowest BCUT2D eigenvalue weighted by molar-refractivity contribution is -0.127. The van der Waals surface area contributed by atoms with Crippen LogP contribution in [0.2, 0.25) is 0 Å². The first-order valence-electron chi connectivity index (χ1n) is 12.7. The SMILES string of the molecule is CC(C)CCC[C@@H](C)C1C[C@H](O)C2=C3C(=O)C[C@H]4CC(O)CCC4(C)C3CCC21C. The van der Waals surface area contributed by atoms with Crippen molar-refractivity contribution in [2.24, 2.45) is 40.4 Å². The molecule has 3 saturated carbocycles. The van der Waals surface area contributed by atoms with E-state index in [1.165, 1.54) is 19.3 Å². The summed E-state index contributed by atoms with van der Waals surface area (Å²) in [4.78, 5) is 13.4. The summed E-state index contributed by atoms with van der Waals surface area (Å²) in [5, 5.41) is 21.5. The molecular weight excluding hydrogens is 372 g/mol. The van der Waals surface area contributed by atoms with Gasteiger partial charge in [-0.05, 0) is 84.5 Å². The highest BCUT2D eigenvalue weighted by Gasteiger charge is 2.59. The molecule has 0 aromatic heterocycles. The number of aliphatic hydroxyl groups is 2. The van der Waals surface area contributed by atoms with Crippen molar-refractivity contribution in [3.8, 4) is 0 Å². The molecule has 3 nitrogen and oxygen atoms in total. The van der Waals surface area contributed by atoms with E-state index in [1.54, 1.807) is 0 Å². The standard InChI is InChI=1S/C27H44O3/c1-16(2)7-6-8-17(3)21-15-23(30)25-24-20(10-12-27(21,25)5)26(4)11-9-19(28)13-18(26)14-22(24)29/h16-21,23,28,30H,6-15H2,1-5H3/t17-,18-,19?,20?,21?,23+,26?,27?/m1/s1. The largest absolute Gasteiger partial charge is 0.393 e. The number of rotatable bonds is 5. The van der Waals surface area contributed by atoms with Crippen molar-refractivity contribution in [2.45, 2.75) is 111 Å². The van der Waals surface area contributed by atoms with E-state index in [4.69, 9.17) is 0 Å². The van der Waals surface area contributed by atoms with Crippen LogP contribution < -0.4 is 0 Å². The number of carbonyl (C=O) groups is 1. The van der Waals surface area contributed by atoms with E-state index < -0.39 is 6.10 Å². The maximum Gasteiger partial charge on any atom is 0.159 e. The van der Waals surface area contributed by atoms with Crippen molar-refractivity contribution < 1.29 is 15.0 Å². The minimum atomic E-state index is -0.441. The molecule has 0 amide bonds. The molecule has 3 fully saturated rings. The van der Waals surface area contributed by atoms with Crippen molar-refractivity contribution in [1.29, 1.82) is 0 Å². The Morgan fingerprint density at radius 3 is 2.47 bits per heavy atom. The number of allylic oxidation sites excluding steroid dienone is 1. The third-order valence-corrected chi connectivity index (χ3v) is 10.00. The van der Waals surface area contributed by atoms with Crippen LogP contribution in [0.5, 0.6) is 0 Å². The topological polar surface area (TPSA) is 57.5 Å². The van der Waals surface area contributed by atoms with Crippen molar-refractivity contribution in [3.63, 3.8) is 0 Å². The fourth-order valence-corrected chi connectivity index (χ4v) is 8.20. The summed E-state index contributed by atoms with van der Waals surface area (Å²) in [6, 6.07) is 0. The first-order valence-corrected chi connectivity index (χ1v) is 12.7. The molecule has 0 radical (unpaired) electrons. The third kappa shape index (κ3) is 3.52. The highest BCUT2D eigenvalue weighted by atomic mass is 16.3. The number of hydrogen-bond donors (Lipinski definition) is 2. The van der Waals surface area contributed by atoms with Crippen LogP contribution in [0.3, 0.4) is 0 Å². The molecule has 0 heterocycles. The zero-order valence-electron chi connectivity index (χ0n) is 19.9. The smallest absolute Gasteiger partial charge is 0.159 e. The van der Waals surface area contributed by atoms with Crippen LogP contribution in [-0.4, -0.2) is 28.2 Å². The van der Waals surface area contributed by atoms with E-state index in [2.05, 4.69) is 34.6 Å². The molecule has 0 aromatic rings. The molecule has 0 aliphatic heterocycles.